The highest BCUT2D eigenvalue weighted by Crippen LogP contribution is 2.10. The van der Waals surface area contributed by atoms with Crippen LogP contribution in [0.4, 0.5) is 9.18 Å². The molecule has 2 rings (SSSR count). The predicted molar refractivity (Wildman–Crippen MR) is 83.3 cm³/mol. The van der Waals surface area contributed by atoms with E-state index in [0.717, 1.165) is 11.3 Å². The van der Waals surface area contributed by atoms with Gasteiger partial charge in [-0.25, -0.2) is 9.18 Å². The van der Waals surface area contributed by atoms with Gasteiger partial charge < -0.3 is 15.4 Å². The van der Waals surface area contributed by atoms with Gasteiger partial charge in [0.1, 0.15) is 11.6 Å². The molecule has 22 heavy (non-hydrogen) atoms. The molecule has 116 valence electrons. The number of rotatable bonds is 6. The molecule has 0 bridgehead atoms. The highest BCUT2D eigenvalue weighted by atomic mass is 19.1. The smallest absolute Gasteiger partial charge is 0.315 e. The first-order valence-corrected chi connectivity index (χ1v) is 7.07. The second-order valence-corrected chi connectivity index (χ2v) is 4.80. The van der Waals surface area contributed by atoms with E-state index >= 15 is 0 Å². The first-order valence-electron chi connectivity index (χ1n) is 7.07. The average Bonchev–Trinajstić information content (AvgIpc) is 2.55. The molecule has 0 spiro atoms. The maximum atomic E-state index is 13.4. The lowest BCUT2D eigenvalue weighted by molar-refractivity contribution is 0.240. The van der Waals surface area contributed by atoms with Crippen LogP contribution in [-0.2, 0) is 13.0 Å². The molecule has 0 fully saturated rings. The quantitative estimate of drug-likeness (QED) is 0.862. The molecule has 0 aliphatic rings. The van der Waals surface area contributed by atoms with Crippen molar-refractivity contribution in [2.45, 2.75) is 13.0 Å². The first-order chi connectivity index (χ1) is 10.7. The lowest BCUT2D eigenvalue weighted by Crippen LogP contribution is -2.36. The second-order valence-electron chi connectivity index (χ2n) is 4.80. The lowest BCUT2D eigenvalue weighted by Gasteiger charge is -2.08. The van der Waals surface area contributed by atoms with Crippen LogP contribution >= 0.6 is 0 Å². The van der Waals surface area contributed by atoms with Crippen molar-refractivity contribution in [1.29, 1.82) is 0 Å². The van der Waals surface area contributed by atoms with Crippen molar-refractivity contribution in [3.05, 3.63) is 65.5 Å². The van der Waals surface area contributed by atoms with E-state index in [2.05, 4.69) is 10.6 Å². The van der Waals surface area contributed by atoms with Crippen LogP contribution in [0.5, 0.6) is 5.75 Å². The Kier molecular flexibility index (Phi) is 5.77. The Hall–Kier alpha value is -2.56. The number of halogens is 1. The summed E-state index contributed by atoms with van der Waals surface area (Å²) in [5, 5.41) is 5.46. The molecule has 0 heterocycles. The summed E-state index contributed by atoms with van der Waals surface area (Å²) in [6.07, 6.45) is 0.461. The summed E-state index contributed by atoms with van der Waals surface area (Å²) >= 11 is 0. The molecule has 5 heteroatoms. The van der Waals surface area contributed by atoms with Crippen molar-refractivity contribution in [1.82, 2.24) is 10.6 Å². The first kappa shape index (κ1) is 15.8. The Bertz CT molecular complexity index is 614. The summed E-state index contributed by atoms with van der Waals surface area (Å²) in [4.78, 5) is 11.7. The van der Waals surface area contributed by atoms with Gasteiger partial charge in [-0.3, -0.25) is 0 Å². The zero-order valence-electron chi connectivity index (χ0n) is 12.4. The molecular formula is C17H19FN2O2. The van der Waals surface area contributed by atoms with Gasteiger partial charge in [-0.15, -0.1) is 0 Å². The molecule has 2 aromatic rings. The Morgan fingerprint density at radius 3 is 2.50 bits per heavy atom. The zero-order chi connectivity index (χ0) is 15.8. The van der Waals surface area contributed by atoms with Crippen LogP contribution in [0.3, 0.4) is 0 Å². The van der Waals surface area contributed by atoms with Gasteiger partial charge in [-0.05, 0) is 35.7 Å². The Balaban J connectivity index is 1.70. The number of hydrogen-bond acceptors (Lipinski definition) is 2. The van der Waals surface area contributed by atoms with Crippen LogP contribution in [0.1, 0.15) is 11.1 Å². The highest BCUT2D eigenvalue weighted by molar-refractivity contribution is 5.73. The fourth-order valence-electron chi connectivity index (χ4n) is 2.00. The van der Waals surface area contributed by atoms with Gasteiger partial charge >= 0.3 is 6.03 Å². The van der Waals surface area contributed by atoms with Crippen LogP contribution in [0, 0.1) is 5.82 Å². The minimum atomic E-state index is -0.271. The lowest BCUT2D eigenvalue weighted by atomic mass is 10.1. The monoisotopic (exact) mass is 302 g/mol. The van der Waals surface area contributed by atoms with Crippen molar-refractivity contribution in [3.63, 3.8) is 0 Å². The molecule has 0 aliphatic carbocycles. The Labute approximate surface area is 129 Å². The van der Waals surface area contributed by atoms with Crippen LogP contribution in [-0.4, -0.2) is 19.7 Å². The zero-order valence-corrected chi connectivity index (χ0v) is 12.4. The van der Waals surface area contributed by atoms with Crippen LogP contribution in [0.2, 0.25) is 0 Å². The van der Waals surface area contributed by atoms with Crippen molar-refractivity contribution >= 4 is 6.03 Å². The van der Waals surface area contributed by atoms with E-state index in [4.69, 9.17) is 4.74 Å². The van der Waals surface area contributed by atoms with Crippen molar-refractivity contribution in [2.24, 2.45) is 0 Å². The average molecular weight is 302 g/mol. The molecule has 0 saturated heterocycles. The molecular weight excluding hydrogens is 283 g/mol. The number of carbonyl (C=O) groups excluding carboxylic acids is 1. The highest BCUT2D eigenvalue weighted by Gasteiger charge is 2.03. The molecule has 0 aromatic heterocycles. The number of benzene rings is 2. The Morgan fingerprint density at radius 2 is 1.82 bits per heavy atom. The number of hydrogen-bond donors (Lipinski definition) is 2. The molecule has 0 saturated carbocycles. The third kappa shape index (κ3) is 4.77. The molecule has 0 aliphatic heterocycles. The SMILES string of the molecule is COc1ccc(CNC(=O)NCCc2ccccc2F)cc1. The maximum Gasteiger partial charge on any atom is 0.315 e. The number of urea groups is 1. The minimum Gasteiger partial charge on any atom is -0.497 e. The fourth-order valence-corrected chi connectivity index (χ4v) is 2.00. The summed E-state index contributed by atoms with van der Waals surface area (Å²) in [5.74, 6) is 0.529. The van der Waals surface area contributed by atoms with Gasteiger partial charge in [0.05, 0.1) is 7.11 Å². The molecule has 2 aromatic carbocycles. The summed E-state index contributed by atoms with van der Waals surface area (Å²) in [6, 6.07) is 13.7. The summed E-state index contributed by atoms with van der Waals surface area (Å²) in [6.45, 7) is 0.810. The van der Waals surface area contributed by atoms with Crippen molar-refractivity contribution < 1.29 is 13.9 Å². The largest absolute Gasteiger partial charge is 0.497 e. The fraction of sp³-hybridized carbons (Fsp3) is 0.235. The van der Waals surface area contributed by atoms with E-state index in [9.17, 15) is 9.18 Å². The van der Waals surface area contributed by atoms with Crippen molar-refractivity contribution in [2.75, 3.05) is 13.7 Å². The summed E-state index contributed by atoms with van der Waals surface area (Å²) < 4.78 is 18.5. The standard InChI is InChI=1S/C17H19FN2O2/c1-22-15-8-6-13(7-9-15)12-20-17(21)19-11-10-14-4-2-3-5-16(14)18/h2-9H,10-12H2,1H3,(H2,19,20,21). The van der Waals surface area contributed by atoms with E-state index in [1.807, 2.05) is 24.3 Å². The topological polar surface area (TPSA) is 50.4 Å². The van der Waals surface area contributed by atoms with Crippen LogP contribution in [0.25, 0.3) is 0 Å². The second kappa shape index (κ2) is 8.02. The molecule has 4 nitrogen and oxygen atoms in total. The normalized spacial score (nSPS) is 10.1. The molecule has 2 amide bonds. The predicted octanol–water partition coefficient (Wildman–Crippen LogP) is 2.88. The van der Waals surface area contributed by atoms with Crippen LogP contribution < -0.4 is 15.4 Å². The maximum absolute atomic E-state index is 13.4. The third-order valence-corrected chi connectivity index (χ3v) is 3.25. The summed E-state index contributed by atoms with van der Waals surface area (Å²) in [5.41, 5.74) is 1.57. The van der Waals surface area contributed by atoms with Gasteiger partial charge in [0.25, 0.3) is 0 Å². The third-order valence-electron chi connectivity index (χ3n) is 3.25. The molecule has 0 unspecified atom stereocenters. The van der Waals surface area contributed by atoms with E-state index in [-0.39, 0.29) is 11.8 Å². The van der Waals surface area contributed by atoms with E-state index in [0.29, 0.717) is 25.1 Å². The van der Waals surface area contributed by atoms with Gasteiger partial charge in [0.2, 0.25) is 0 Å². The number of amides is 2. The molecule has 0 radical (unpaired) electrons. The number of carbonyl (C=O) groups is 1. The van der Waals surface area contributed by atoms with Gasteiger partial charge in [-0.1, -0.05) is 30.3 Å². The van der Waals surface area contributed by atoms with Crippen molar-refractivity contribution in [3.8, 4) is 5.75 Å². The summed E-state index contributed by atoms with van der Waals surface area (Å²) in [7, 11) is 1.61. The number of methoxy groups -OCH3 is 1. The van der Waals surface area contributed by atoms with E-state index in [1.165, 1.54) is 6.07 Å². The number of nitrogens with one attached hydrogen (secondary N) is 2. The van der Waals surface area contributed by atoms with Gasteiger partial charge in [0, 0.05) is 13.1 Å². The van der Waals surface area contributed by atoms with E-state index in [1.54, 1.807) is 25.3 Å². The van der Waals surface area contributed by atoms with Gasteiger partial charge in [-0.2, -0.15) is 0 Å². The number of ether oxygens (including phenoxy) is 1. The van der Waals surface area contributed by atoms with Gasteiger partial charge in [0.15, 0.2) is 0 Å². The van der Waals surface area contributed by atoms with Crippen LogP contribution in [0.15, 0.2) is 48.5 Å². The molecule has 0 atom stereocenters. The Morgan fingerprint density at radius 1 is 1.09 bits per heavy atom. The molecule has 2 N–H and O–H groups in total. The van der Waals surface area contributed by atoms with E-state index < -0.39 is 0 Å². The minimum absolute atomic E-state index is 0.247.